The molecule has 0 amide bonds. The number of hydrogen-bond acceptors (Lipinski definition) is 3. The molecular formula is C18H30ClN3. The normalized spacial score (nSPS) is 26.0. The first-order valence-electron chi connectivity index (χ1n) is 8.32. The summed E-state index contributed by atoms with van der Waals surface area (Å²) in [5.41, 5.74) is 4.77. The zero-order valence-electron chi connectivity index (χ0n) is 14.2. The first-order chi connectivity index (χ1) is 10.1. The van der Waals surface area contributed by atoms with E-state index in [4.69, 9.17) is 0 Å². The molecule has 1 aromatic carbocycles. The van der Waals surface area contributed by atoms with Gasteiger partial charge in [0.2, 0.25) is 0 Å². The summed E-state index contributed by atoms with van der Waals surface area (Å²) in [7, 11) is 0. The van der Waals surface area contributed by atoms with Gasteiger partial charge in [-0.25, -0.2) is 0 Å². The lowest BCUT2D eigenvalue weighted by atomic mass is 9.89. The van der Waals surface area contributed by atoms with Crippen molar-refractivity contribution in [2.45, 2.75) is 27.2 Å². The summed E-state index contributed by atoms with van der Waals surface area (Å²) < 4.78 is 0. The smallest absolute Gasteiger partial charge is 0.0399 e. The van der Waals surface area contributed by atoms with Crippen molar-refractivity contribution in [1.82, 2.24) is 10.2 Å². The third-order valence-corrected chi connectivity index (χ3v) is 5.35. The number of piperazine rings is 1. The zero-order chi connectivity index (χ0) is 14.9. The largest absolute Gasteiger partial charge is 0.369 e. The van der Waals surface area contributed by atoms with Gasteiger partial charge < -0.3 is 10.2 Å². The second kappa shape index (κ2) is 7.20. The molecule has 0 aliphatic carbocycles. The van der Waals surface area contributed by atoms with Crippen molar-refractivity contribution in [3.63, 3.8) is 0 Å². The molecule has 2 heterocycles. The Kier molecular flexibility index (Phi) is 5.76. The average Bonchev–Trinajstić information content (AvgIpc) is 2.89. The molecule has 0 bridgehead atoms. The molecule has 124 valence electrons. The molecular weight excluding hydrogens is 294 g/mol. The van der Waals surface area contributed by atoms with E-state index in [1.165, 1.54) is 56.0 Å². The van der Waals surface area contributed by atoms with Gasteiger partial charge in [0.1, 0.15) is 0 Å². The molecule has 1 aromatic rings. The molecule has 0 aromatic heterocycles. The predicted octanol–water partition coefficient (Wildman–Crippen LogP) is 2.85. The van der Waals surface area contributed by atoms with Crippen molar-refractivity contribution in [2.24, 2.45) is 5.41 Å². The van der Waals surface area contributed by atoms with Crippen LogP contribution in [-0.2, 0) is 0 Å². The summed E-state index contributed by atoms with van der Waals surface area (Å²) in [5.74, 6) is 0. The Hall–Kier alpha value is -0.770. The van der Waals surface area contributed by atoms with Crippen molar-refractivity contribution in [2.75, 3.05) is 50.7 Å². The van der Waals surface area contributed by atoms with Gasteiger partial charge in [0.05, 0.1) is 0 Å². The lowest BCUT2D eigenvalue weighted by molar-refractivity contribution is 0.169. The van der Waals surface area contributed by atoms with E-state index < -0.39 is 0 Å². The molecule has 0 spiro atoms. The van der Waals surface area contributed by atoms with Crippen molar-refractivity contribution >= 4 is 18.1 Å². The number of nitrogens with zero attached hydrogens (tertiary/aromatic N) is 2. The highest BCUT2D eigenvalue weighted by Crippen LogP contribution is 2.28. The van der Waals surface area contributed by atoms with Crippen LogP contribution in [0.15, 0.2) is 18.2 Å². The molecule has 1 atom stereocenters. The molecule has 22 heavy (non-hydrogen) atoms. The quantitative estimate of drug-likeness (QED) is 0.922. The molecule has 2 fully saturated rings. The number of benzene rings is 1. The summed E-state index contributed by atoms with van der Waals surface area (Å²) in [6, 6.07) is 6.68. The topological polar surface area (TPSA) is 18.5 Å². The average molecular weight is 324 g/mol. The first kappa shape index (κ1) is 17.6. The Morgan fingerprint density at radius 3 is 2.50 bits per heavy atom. The van der Waals surface area contributed by atoms with Gasteiger partial charge in [0, 0.05) is 45.0 Å². The van der Waals surface area contributed by atoms with Gasteiger partial charge in [0.25, 0.3) is 0 Å². The van der Waals surface area contributed by atoms with Gasteiger partial charge in [-0.15, -0.1) is 12.4 Å². The molecule has 3 rings (SSSR count). The Bertz CT molecular complexity index is 489. The maximum absolute atomic E-state index is 3.51. The molecule has 0 saturated carbocycles. The van der Waals surface area contributed by atoms with Gasteiger partial charge in [0.15, 0.2) is 0 Å². The zero-order valence-corrected chi connectivity index (χ0v) is 15.0. The standard InChI is InChI=1S/C18H29N3.ClH/c1-15-5-4-6-17(16(15)2)21-11-9-20(10-12-21)14-18(3)7-8-19-13-18;/h4-6,19H,7-14H2,1-3H3;1H. The van der Waals surface area contributed by atoms with Crippen molar-refractivity contribution in [1.29, 1.82) is 0 Å². The highest BCUT2D eigenvalue weighted by atomic mass is 35.5. The van der Waals surface area contributed by atoms with E-state index in [-0.39, 0.29) is 12.4 Å². The minimum atomic E-state index is 0. The maximum Gasteiger partial charge on any atom is 0.0399 e. The van der Waals surface area contributed by atoms with Crippen molar-refractivity contribution in [3.05, 3.63) is 29.3 Å². The SMILES string of the molecule is Cc1cccc(N2CCN(CC3(C)CCNC3)CC2)c1C.Cl. The number of hydrogen-bond donors (Lipinski definition) is 1. The Labute approximate surface area is 141 Å². The maximum atomic E-state index is 3.51. The van der Waals surface area contributed by atoms with Crippen LogP contribution in [0.3, 0.4) is 0 Å². The number of nitrogens with one attached hydrogen (secondary N) is 1. The van der Waals surface area contributed by atoms with E-state index in [9.17, 15) is 0 Å². The summed E-state index contributed by atoms with van der Waals surface area (Å²) >= 11 is 0. The second-order valence-corrected chi connectivity index (χ2v) is 7.22. The van der Waals surface area contributed by atoms with Crippen LogP contribution in [0.4, 0.5) is 5.69 Å². The molecule has 2 aliphatic rings. The Morgan fingerprint density at radius 2 is 1.86 bits per heavy atom. The number of anilines is 1. The lowest BCUT2D eigenvalue weighted by Crippen LogP contribution is -2.50. The van der Waals surface area contributed by atoms with Crippen LogP contribution >= 0.6 is 12.4 Å². The summed E-state index contributed by atoms with van der Waals surface area (Å²) in [4.78, 5) is 5.22. The van der Waals surface area contributed by atoms with Gasteiger partial charge in [-0.05, 0) is 49.4 Å². The van der Waals surface area contributed by atoms with E-state index in [1.54, 1.807) is 0 Å². The monoisotopic (exact) mass is 323 g/mol. The molecule has 2 aliphatic heterocycles. The molecule has 1 N–H and O–H groups in total. The number of aryl methyl sites for hydroxylation is 1. The van der Waals surface area contributed by atoms with Gasteiger partial charge in [-0.1, -0.05) is 19.1 Å². The minimum absolute atomic E-state index is 0. The second-order valence-electron chi connectivity index (χ2n) is 7.22. The number of rotatable bonds is 3. The highest BCUT2D eigenvalue weighted by molar-refractivity contribution is 5.85. The fourth-order valence-corrected chi connectivity index (χ4v) is 3.77. The third-order valence-electron chi connectivity index (χ3n) is 5.35. The van der Waals surface area contributed by atoms with Crippen LogP contribution in [-0.4, -0.2) is 50.7 Å². The van der Waals surface area contributed by atoms with Crippen molar-refractivity contribution in [3.8, 4) is 0 Å². The van der Waals surface area contributed by atoms with Crippen LogP contribution < -0.4 is 10.2 Å². The van der Waals surface area contributed by atoms with Crippen LogP contribution in [0.5, 0.6) is 0 Å². The number of halogens is 1. The molecule has 0 radical (unpaired) electrons. The summed E-state index contributed by atoms with van der Waals surface area (Å²) in [6.07, 6.45) is 1.32. The van der Waals surface area contributed by atoms with Crippen LogP contribution in [0.25, 0.3) is 0 Å². The van der Waals surface area contributed by atoms with E-state index in [0.29, 0.717) is 5.41 Å². The molecule has 4 heteroatoms. The third kappa shape index (κ3) is 3.76. The Balaban J connectivity index is 0.00000176. The first-order valence-corrected chi connectivity index (χ1v) is 8.32. The summed E-state index contributed by atoms with van der Waals surface area (Å²) in [5, 5.41) is 3.51. The highest BCUT2D eigenvalue weighted by Gasteiger charge is 2.31. The lowest BCUT2D eigenvalue weighted by Gasteiger charge is -2.40. The fraction of sp³-hybridized carbons (Fsp3) is 0.667. The van der Waals surface area contributed by atoms with Gasteiger partial charge in [-0.2, -0.15) is 0 Å². The van der Waals surface area contributed by atoms with Crippen molar-refractivity contribution < 1.29 is 0 Å². The van der Waals surface area contributed by atoms with Crippen LogP contribution in [0, 0.1) is 19.3 Å². The Morgan fingerprint density at radius 1 is 1.14 bits per heavy atom. The van der Waals surface area contributed by atoms with Gasteiger partial charge in [-0.3, -0.25) is 4.90 Å². The molecule has 3 nitrogen and oxygen atoms in total. The molecule has 1 unspecified atom stereocenters. The van der Waals surface area contributed by atoms with Crippen LogP contribution in [0.1, 0.15) is 24.5 Å². The fourth-order valence-electron chi connectivity index (χ4n) is 3.77. The predicted molar refractivity (Wildman–Crippen MR) is 97.4 cm³/mol. The van der Waals surface area contributed by atoms with Crippen LogP contribution in [0.2, 0.25) is 0 Å². The van der Waals surface area contributed by atoms with Gasteiger partial charge >= 0.3 is 0 Å². The minimum Gasteiger partial charge on any atom is -0.369 e. The molecule has 2 saturated heterocycles. The van der Waals surface area contributed by atoms with E-state index >= 15 is 0 Å². The van der Waals surface area contributed by atoms with E-state index in [2.05, 4.69) is 54.1 Å². The van der Waals surface area contributed by atoms with E-state index in [0.717, 1.165) is 13.1 Å². The van der Waals surface area contributed by atoms with E-state index in [1.807, 2.05) is 0 Å². The summed E-state index contributed by atoms with van der Waals surface area (Å²) in [6.45, 7) is 15.2.